The summed E-state index contributed by atoms with van der Waals surface area (Å²) in [6.07, 6.45) is 0.648. The van der Waals surface area contributed by atoms with Crippen LogP contribution in [0.3, 0.4) is 0 Å². The molecule has 2 heterocycles. The summed E-state index contributed by atoms with van der Waals surface area (Å²) in [4.78, 5) is 19.7. The molecule has 1 aliphatic heterocycles. The van der Waals surface area contributed by atoms with Crippen molar-refractivity contribution in [1.82, 2.24) is 15.2 Å². The highest BCUT2D eigenvalue weighted by Gasteiger charge is 2.32. The first-order chi connectivity index (χ1) is 12.7. The summed E-state index contributed by atoms with van der Waals surface area (Å²) in [5.41, 5.74) is -0.869. The van der Waals surface area contributed by atoms with Crippen LogP contribution in [-0.2, 0) is 6.18 Å². The van der Waals surface area contributed by atoms with Crippen LogP contribution >= 0.6 is 11.6 Å². The number of nitrogens with one attached hydrogen (secondary N) is 1. The van der Waals surface area contributed by atoms with Gasteiger partial charge in [-0.3, -0.25) is 0 Å². The Morgan fingerprint density at radius 2 is 1.96 bits per heavy atom. The van der Waals surface area contributed by atoms with E-state index in [0.717, 1.165) is 37.9 Å². The van der Waals surface area contributed by atoms with Crippen LogP contribution in [0.4, 0.5) is 23.8 Å². The van der Waals surface area contributed by atoms with E-state index in [4.69, 9.17) is 11.6 Å². The summed E-state index contributed by atoms with van der Waals surface area (Å²) in [7, 11) is 0. The number of nitrogens with zero attached hydrogens (tertiary/aromatic N) is 3. The Labute approximate surface area is 162 Å². The zero-order chi connectivity index (χ0) is 20.0. The molecule has 9 heteroatoms. The molecule has 1 aromatic heterocycles. The third-order valence-electron chi connectivity index (χ3n) is 4.63. The number of pyridine rings is 1. The summed E-state index contributed by atoms with van der Waals surface area (Å²) in [6.45, 7) is 6.00. The van der Waals surface area contributed by atoms with Crippen molar-refractivity contribution in [3.8, 4) is 0 Å². The smallest absolute Gasteiger partial charge is 0.352 e. The molecule has 1 saturated heterocycles. The van der Waals surface area contributed by atoms with Crippen LogP contribution in [0.1, 0.15) is 45.1 Å². The van der Waals surface area contributed by atoms with Crippen molar-refractivity contribution in [3.05, 3.63) is 22.8 Å². The average Bonchev–Trinajstić information content (AvgIpc) is 2.61. The molecule has 1 atom stereocenters. The minimum absolute atomic E-state index is 0.0349. The molecule has 0 saturated carbocycles. The Bertz CT molecular complexity index is 634. The maximum Gasteiger partial charge on any atom is 0.417 e. The van der Waals surface area contributed by atoms with Gasteiger partial charge < -0.3 is 15.1 Å². The first-order valence-electron chi connectivity index (χ1n) is 9.25. The number of anilines is 1. The van der Waals surface area contributed by atoms with Crippen LogP contribution in [0.2, 0.25) is 5.02 Å². The van der Waals surface area contributed by atoms with Crippen molar-refractivity contribution >= 4 is 23.4 Å². The fraction of sp³-hybridized carbons (Fsp3) is 0.667. The first kappa shape index (κ1) is 21.6. The molecule has 2 rings (SSSR count). The molecular formula is C18H26ClF3N4O. The number of amides is 2. The van der Waals surface area contributed by atoms with Gasteiger partial charge in [-0.05, 0) is 19.4 Å². The first-order valence-corrected chi connectivity index (χ1v) is 9.63. The standard InChI is InChI=1S/C18H26ClF3N4O/c1-3-4-5-6-13(2)24-17(27)26-9-7-25(8-10-26)16-15(19)11-14(12-23-16)18(20,21)22/h11-13H,3-10H2,1-2H3,(H,24,27). The number of rotatable bonds is 6. The van der Waals surface area contributed by atoms with Gasteiger partial charge in [0, 0.05) is 38.4 Å². The van der Waals surface area contributed by atoms with Gasteiger partial charge in [-0.25, -0.2) is 9.78 Å². The highest BCUT2D eigenvalue weighted by atomic mass is 35.5. The SMILES string of the molecule is CCCCCC(C)NC(=O)N1CCN(c2ncc(C(F)(F)F)cc2Cl)CC1. The van der Waals surface area contributed by atoms with Gasteiger partial charge in [0.2, 0.25) is 0 Å². The number of carbonyl (C=O) groups excluding carboxylic acids is 1. The highest BCUT2D eigenvalue weighted by Crippen LogP contribution is 2.33. The Hall–Kier alpha value is -1.70. The summed E-state index contributed by atoms with van der Waals surface area (Å²) in [6, 6.07) is 0.902. The summed E-state index contributed by atoms with van der Waals surface area (Å²) >= 11 is 6.00. The molecule has 1 N–H and O–H groups in total. The number of hydrogen-bond acceptors (Lipinski definition) is 3. The second-order valence-electron chi connectivity index (χ2n) is 6.85. The molecule has 1 fully saturated rings. The van der Waals surface area contributed by atoms with E-state index in [1.54, 1.807) is 9.80 Å². The molecule has 152 valence electrons. The maximum absolute atomic E-state index is 12.7. The normalized spacial score (nSPS) is 16.4. The fourth-order valence-corrected chi connectivity index (χ4v) is 3.30. The maximum atomic E-state index is 12.7. The molecule has 5 nitrogen and oxygen atoms in total. The van der Waals surface area contributed by atoms with Crippen LogP contribution in [0.25, 0.3) is 0 Å². The van der Waals surface area contributed by atoms with E-state index < -0.39 is 11.7 Å². The Morgan fingerprint density at radius 1 is 1.30 bits per heavy atom. The summed E-state index contributed by atoms with van der Waals surface area (Å²) in [5, 5.41) is 2.97. The third kappa shape index (κ3) is 6.16. The van der Waals surface area contributed by atoms with Crippen molar-refractivity contribution in [2.75, 3.05) is 31.1 Å². The lowest BCUT2D eigenvalue weighted by atomic mass is 10.1. The predicted molar refractivity (Wildman–Crippen MR) is 100 cm³/mol. The van der Waals surface area contributed by atoms with Crippen LogP contribution in [-0.4, -0.2) is 48.1 Å². The van der Waals surface area contributed by atoms with Crippen LogP contribution in [0.5, 0.6) is 0 Å². The van der Waals surface area contributed by atoms with Gasteiger partial charge in [0.05, 0.1) is 10.6 Å². The van der Waals surface area contributed by atoms with Crippen molar-refractivity contribution < 1.29 is 18.0 Å². The van der Waals surface area contributed by atoms with E-state index in [9.17, 15) is 18.0 Å². The van der Waals surface area contributed by atoms with Gasteiger partial charge in [0.25, 0.3) is 0 Å². The molecule has 0 bridgehead atoms. The van der Waals surface area contributed by atoms with E-state index in [2.05, 4.69) is 17.2 Å². The zero-order valence-corrected chi connectivity index (χ0v) is 16.4. The van der Waals surface area contributed by atoms with Crippen molar-refractivity contribution in [2.45, 2.75) is 51.7 Å². The lowest BCUT2D eigenvalue weighted by Gasteiger charge is -2.36. The van der Waals surface area contributed by atoms with Crippen molar-refractivity contribution in [3.63, 3.8) is 0 Å². The van der Waals surface area contributed by atoms with Gasteiger partial charge >= 0.3 is 12.2 Å². The largest absolute Gasteiger partial charge is 0.417 e. The number of halogens is 4. The minimum atomic E-state index is -4.47. The third-order valence-corrected chi connectivity index (χ3v) is 4.90. The number of piperazine rings is 1. The number of hydrogen-bond donors (Lipinski definition) is 1. The fourth-order valence-electron chi connectivity index (χ4n) is 3.01. The molecular weight excluding hydrogens is 381 g/mol. The van der Waals surface area contributed by atoms with E-state index in [-0.39, 0.29) is 17.1 Å². The van der Waals surface area contributed by atoms with E-state index in [1.807, 2.05) is 6.92 Å². The van der Waals surface area contributed by atoms with Crippen LogP contribution < -0.4 is 10.2 Å². The van der Waals surface area contributed by atoms with E-state index in [1.165, 1.54) is 0 Å². The molecule has 0 aliphatic carbocycles. The summed E-state index contributed by atoms with van der Waals surface area (Å²) in [5.74, 6) is 0.317. The van der Waals surface area contributed by atoms with Gasteiger partial charge in [-0.2, -0.15) is 13.2 Å². The number of urea groups is 1. The number of unbranched alkanes of at least 4 members (excludes halogenated alkanes) is 2. The highest BCUT2D eigenvalue weighted by molar-refractivity contribution is 6.33. The molecule has 1 unspecified atom stereocenters. The second kappa shape index (κ2) is 9.48. The topological polar surface area (TPSA) is 48.5 Å². The predicted octanol–water partition coefficient (Wildman–Crippen LogP) is 4.55. The molecule has 2 amide bonds. The molecule has 0 aromatic carbocycles. The Morgan fingerprint density at radius 3 is 2.52 bits per heavy atom. The molecule has 0 radical (unpaired) electrons. The van der Waals surface area contributed by atoms with Crippen molar-refractivity contribution in [2.24, 2.45) is 0 Å². The lowest BCUT2D eigenvalue weighted by Crippen LogP contribution is -2.53. The van der Waals surface area contributed by atoms with Crippen LogP contribution in [0.15, 0.2) is 12.3 Å². The molecule has 1 aromatic rings. The number of alkyl halides is 3. The molecule has 0 spiro atoms. The van der Waals surface area contributed by atoms with Gasteiger partial charge in [0.15, 0.2) is 0 Å². The molecule has 27 heavy (non-hydrogen) atoms. The van der Waals surface area contributed by atoms with Crippen molar-refractivity contribution in [1.29, 1.82) is 0 Å². The minimum Gasteiger partial charge on any atom is -0.352 e. The quantitative estimate of drug-likeness (QED) is 0.705. The van der Waals surface area contributed by atoms with E-state index in [0.29, 0.717) is 32.0 Å². The average molecular weight is 407 g/mol. The van der Waals surface area contributed by atoms with Gasteiger partial charge in [-0.1, -0.05) is 37.8 Å². The monoisotopic (exact) mass is 406 g/mol. The lowest BCUT2D eigenvalue weighted by molar-refractivity contribution is -0.137. The Balaban J connectivity index is 1.87. The second-order valence-corrected chi connectivity index (χ2v) is 7.25. The number of aromatic nitrogens is 1. The Kier molecular flexibility index (Phi) is 7.59. The number of carbonyl (C=O) groups is 1. The van der Waals surface area contributed by atoms with Gasteiger partial charge in [-0.15, -0.1) is 0 Å². The van der Waals surface area contributed by atoms with Crippen LogP contribution in [0, 0.1) is 0 Å². The zero-order valence-electron chi connectivity index (χ0n) is 15.7. The molecule has 1 aliphatic rings. The van der Waals surface area contributed by atoms with Gasteiger partial charge in [0.1, 0.15) is 5.82 Å². The summed E-state index contributed by atoms with van der Waals surface area (Å²) < 4.78 is 38.2. The van der Waals surface area contributed by atoms with E-state index >= 15 is 0 Å².